The average molecular weight is 382 g/mol. The van der Waals surface area contributed by atoms with Gasteiger partial charge in [-0.2, -0.15) is 31.6 Å². The number of nitrogens with zero attached hydrogens (tertiary/aromatic N) is 10. The second-order valence-electron chi connectivity index (χ2n) is 5.82. The molecule has 4 rings (SSSR count). The number of fused-ring (bicyclic) bond motifs is 6. The van der Waals surface area contributed by atoms with E-state index in [1.54, 1.807) is 18.2 Å². The molecule has 30 heavy (non-hydrogen) atoms. The van der Waals surface area contributed by atoms with Crippen LogP contribution in [0.2, 0.25) is 0 Å². The van der Waals surface area contributed by atoms with Crippen LogP contribution in [0.3, 0.4) is 0 Å². The SMILES string of the molecule is N#Cc1ccc2c3nc(C#N)c(C#N)nc3c3nc(C#N)c(C#N)c(C#N)c3c2n1. The van der Waals surface area contributed by atoms with Crippen molar-refractivity contribution in [3.05, 3.63) is 46.0 Å². The molecular weight excluding hydrogens is 380 g/mol. The minimum atomic E-state index is -0.302. The lowest BCUT2D eigenvalue weighted by atomic mass is 9.98. The molecule has 10 nitrogen and oxygen atoms in total. The van der Waals surface area contributed by atoms with Crippen LogP contribution >= 0.6 is 0 Å². The predicted molar refractivity (Wildman–Crippen MR) is 98.4 cm³/mol. The van der Waals surface area contributed by atoms with Crippen LogP contribution in [0.1, 0.15) is 33.9 Å². The van der Waals surface area contributed by atoms with Crippen molar-refractivity contribution in [3.8, 4) is 36.4 Å². The fourth-order valence-electron chi connectivity index (χ4n) is 3.14. The molecule has 0 bridgehead atoms. The molecule has 0 aliphatic rings. The zero-order valence-corrected chi connectivity index (χ0v) is 14.6. The van der Waals surface area contributed by atoms with Crippen LogP contribution in [0.4, 0.5) is 0 Å². The van der Waals surface area contributed by atoms with Crippen molar-refractivity contribution >= 4 is 32.8 Å². The topological polar surface area (TPSA) is 194 Å². The summed E-state index contributed by atoms with van der Waals surface area (Å²) in [5.74, 6) is 0. The van der Waals surface area contributed by atoms with E-state index in [2.05, 4.69) is 19.9 Å². The summed E-state index contributed by atoms with van der Waals surface area (Å²) in [6.07, 6.45) is 0. The number of aromatic nitrogens is 4. The first-order valence-corrected chi connectivity index (χ1v) is 8.04. The highest BCUT2D eigenvalue weighted by molar-refractivity contribution is 6.22. The smallest absolute Gasteiger partial charge is 0.177 e. The molecule has 0 amide bonds. The summed E-state index contributed by atoms with van der Waals surface area (Å²) < 4.78 is 0. The van der Waals surface area contributed by atoms with Crippen LogP contribution in [0, 0.1) is 68.0 Å². The van der Waals surface area contributed by atoms with Gasteiger partial charge in [-0.05, 0) is 12.1 Å². The molecule has 132 valence electrons. The summed E-state index contributed by atoms with van der Waals surface area (Å²) in [5.41, 5.74) is -0.740. The summed E-state index contributed by atoms with van der Waals surface area (Å²) in [6.45, 7) is 0. The molecule has 3 aromatic heterocycles. The third-order valence-electron chi connectivity index (χ3n) is 4.36. The van der Waals surface area contributed by atoms with Gasteiger partial charge in [-0.1, -0.05) is 0 Å². The Morgan fingerprint density at radius 3 is 1.67 bits per heavy atom. The fraction of sp³-hybridized carbons (Fsp3) is 0. The van der Waals surface area contributed by atoms with Crippen molar-refractivity contribution < 1.29 is 0 Å². The van der Waals surface area contributed by atoms with E-state index in [-0.39, 0.29) is 61.4 Å². The van der Waals surface area contributed by atoms with Gasteiger partial charge >= 0.3 is 0 Å². The summed E-state index contributed by atoms with van der Waals surface area (Å²) in [7, 11) is 0. The summed E-state index contributed by atoms with van der Waals surface area (Å²) in [4.78, 5) is 16.8. The van der Waals surface area contributed by atoms with Crippen molar-refractivity contribution in [1.82, 2.24) is 19.9 Å². The van der Waals surface area contributed by atoms with Gasteiger partial charge in [0.25, 0.3) is 0 Å². The van der Waals surface area contributed by atoms with E-state index in [9.17, 15) is 31.6 Å². The first kappa shape index (κ1) is 17.7. The van der Waals surface area contributed by atoms with E-state index < -0.39 is 0 Å². The molecule has 3 heterocycles. The van der Waals surface area contributed by atoms with Gasteiger partial charge in [0.15, 0.2) is 17.1 Å². The highest BCUT2D eigenvalue weighted by atomic mass is 14.9. The molecule has 0 unspecified atom stereocenters. The van der Waals surface area contributed by atoms with Crippen LogP contribution < -0.4 is 0 Å². The Hall–Kier alpha value is -5.68. The van der Waals surface area contributed by atoms with E-state index in [0.29, 0.717) is 5.39 Å². The molecule has 0 aliphatic heterocycles. The third-order valence-corrected chi connectivity index (χ3v) is 4.36. The molecule has 0 saturated carbocycles. The number of pyridine rings is 2. The third kappa shape index (κ3) is 2.24. The fourth-order valence-corrected chi connectivity index (χ4v) is 3.14. The summed E-state index contributed by atoms with van der Waals surface area (Å²) >= 11 is 0. The van der Waals surface area contributed by atoms with Crippen LogP contribution in [-0.4, -0.2) is 19.9 Å². The summed E-state index contributed by atoms with van der Waals surface area (Å²) in [5, 5.41) is 57.0. The lowest BCUT2D eigenvalue weighted by molar-refractivity contribution is 1.20. The quantitative estimate of drug-likeness (QED) is 0.405. The Kier molecular flexibility index (Phi) is 3.83. The van der Waals surface area contributed by atoms with Crippen LogP contribution in [0.15, 0.2) is 12.1 Å². The molecule has 0 spiro atoms. The van der Waals surface area contributed by atoms with E-state index in [4.69, 9.17) is 0 Å². The summed E-state index contributed by atoms with van der Waals surface area (Å²) in [6, 6.07) is 13.9. The average Bonchev–Trinajstić information content (AvgIpc) is 2.81. The minimum Gasteiger partial charge on any atom is -0.236 e. The van der Waals surface area contributed by atoms with Gasteiger partial charge in [0, 0.05) is 10.8 Å². The molecule has 0 N–H and O–H groups in total. The molecule has 1 aromatic carbocycles. The largest absolute Gasteiger partial charge is 0.236 e. The first-order valence-electron chi connectivity index (χ1n) is 8.04. The van der Waals surface area contributed by atoms with Gasteiger partial charge in [-0.3, -0.25) is 0 Å². The molecule has 10 heteroatoms. The highest BCUT2D eigenvalue weighted by Crippen LogP contribution is 2.35. The van der Waals surface area contributed by atoms with Gasteiger partial charge in [-0.15, -0.1) is 0 Å². The van der Waals surface area contributed by atoms with Crippen LogP contribution in [0.5, 0.6) is 0 Å². The Bertz CT molecular complexity index is 1710. The molecule has 0 aliphatic carbocycles. The van der Waals surface area contributed by atoms with Gasteiger partial charge in [0.2, 0.25) is 0 Å². The maximum absolute atomic E-state index is 9.75. The van der Waals surface area contributed by atoms with E-state index in [1.807, 2.05) is 18.2 Å². The Labute approximate surface area is 167 Å². The lowest BCUT2D eigenvalue weighted by Gasteiger charge is -2.11. The van der Waals surface area contributed by atoms with Crippen molar-refractivity contribution in [3.63, 3.8) is 0 Å². The number of hydrogen-bond donors (Lipinski definition) is 0. The second-order valence-corrected chi connectivity index (χ2v) is 5.82. The van der Waals surface area contributed by atoms with E-state index >= 15 is 0 Å². The van der Waals surface area contributed by atoms with Crippen molar-refractivity contribution in [2.45, 2.75) is 0 Å². The zero-order valence-electron chi connectivity index (χ0n) is 14.6. The number of rotatable bonds is 0. The Morgan fingerprint density at radius 1 is 0.500 bits per heavy atom. The normalized spacial score (nSPS) is 9.80. The van der Waals surface area contributed by atoms with Crippen molar-refractivity contribution in [1.29, 1.82) is 31.6 Å². The highest BCUT2D eigenvalue weighted by Gasteiger charge is 2.23. The standard InChI is InChI=1S/C20H2N10/c21-3-9-1-2-10-17(27-9)16-12(5-23)11(4-22)13(6-24)28-19(16)20-18(10)29-14(7-25)15(8-26)30-20/h1-2H. The molecule has 0 atom stereocenters. The predicted octanol–water partition coefficient (Wildman–Crippen LogP) is 1.96. The first-order chi connectivity index (χ1) is 14.6. The van der Waals surface area contributed by atoms with Gasteiger partial charge < -0.3 is 0 Å². The molecular formula is C20H2N10. The lowest BCUT2D eigenvalue weighted by Crippen LogP contribution is -2.03. The Balaban J connectivity index is 2.48. The minimum absolute atomic E-state index is 0.0145. The monoisotopic (exact) mass is 382 g/mol. The molecule has 4 aromatic rings. The van der Waals surface area contributed by atoms with Gasteiger partial charge in [0.1, 0.15) is 64.2 Å². The van der Waals surface area contributed by atoms with Crippen molar-refractivity contribution in [2.24, 2.45) is 0 Å². The number of nitriles is 6. The molecule has 0 radical (unpaired) electrons. The van der Waals surface area contributed by atoms with E-state index in [0.717, 1.165) is 0 Å². The Morgan fingerprint density at radius 2 is 1.10 bits per heavy atom. The molecule has 0 fully saturated rings. The molecule has 0 saturated heterocycles. The van der Waals surface area contributed by atoms with Gasteiger partial charge in [-0.25, -0.2) is 19.9 Å². The maximum atomic E-state index is 9.75. The number of hydrogen-bond acceptors (Lipinski definition) is 10. The van der Waals surface area contributed by atoms with Crippen LogP contribution in [-0.2, 0) is 0 Å². The van der Waals surface area contributed by atoms with Crippen molar-refractivity contribution in [2.75, 3.05) is 0 Å². The second kappa shape index (κ2) is 6.49. The van der Waals surface area contributed by atoms with E-state index in [1.165, 1.54) is 12.1 Å². The van der Waals surface area contributed by atoms with Crippen LogP contribution in [0.25, 0.3) is 32.8 Å². The maximum Gasteiger partial charge on any atom is 0.177 e. The zero-order chi connectivity index (χ0) is 21.4. The van der Waals surface area contributed by atoms with Gasteiger partial charge in [0.05, 0.1) is 11.1 Å². The number of benzene rings is 1.